The van der Waals surface area contributed by atoms with Crippen LogP contribution >= 0.6 is 0 Å². The number of halogens is 1. The Labute approximate surface area is 123 Å². The molecule has 1 amide bonds. The predicted octanol–water partition coefficient (Wildman–Crippen LogP) is 2.47. The lowest BCUT2D eigenvalue weighted by atomic mass is 9.76. The minimum Gasteiger partial charge on any atom is -0.480 e. The number of piperidine rings is 1. The molecule has 0 aromatic heterocycles. The van der Waals surface area contributed by atoms with Crippen LogP contribution in [-0.4, -0.2) is 34.5 Å². The molecule has 2 rings (SSSR count). The van der Waals surface area contributed by atoms with Gasteiger partial charge in [0.1, 0.15) is 11.9 Å². The highest BCUT2D eigenvalue weighted by molar-refractivity contribution is 5.85. The zero-order valence-corrected chi connectivity index (χ0v) is 12.3. The maximum atomic E-state index is 13.2. The van der Waals surface area contributed by atoms with Crippen LogP contribution in [0.15, 0.2) is 24.3 Å². The molecule has 1 saturated heterocycles. The second-order valence-electron chi connectivity index (χ2n) is 6.23. The van der Waals surface area contributed by atoms with Gasteiger partial charge in [-0.3, -0.25) is 4.79 Å². The lowest BCUT2D eigenvalue weighted by molar-refractivity contribution is -0.158. The molecule has 0 aliphatic carbocycles. The minimum atomic E-state index is -0.979. The number of likely N-dealkylation sites (tertiary alicyclic amines) is 1. The zero-order chi connectivity index (χ0) is 15.6. The van der Waals surface area contributed by atoms with Crippen molar-refractivity contribution in [1.29, 1.82) is 0 Å². The van der Waals surface area contributed by atoms with E-state index in [1.54, 1.807) is 12.1 Å². The van der Waals surface area contributed by atoms with Gasteiger partial charge >= 0.3 is 5.97 Å². The molecule has 0 saturated carbocycles. The molecule has 1 atom stereocenters. The molecule has 1 fully saturated rings. The summed E-state index contributed by atoms with van der Waals surface area (Å²) in [5.41, 5.74) is 0.106. The molecule has 0 bridgehead atoms. The fourth-order valence-corrected chi connectivity index (χ4v) is 3.05. The van der Waals surface area contributed by atoms with Crippen LogP contribution in [-0.2, 0) is 16.0 Å². The number of carbonyl (C=O) groups excluding carboxylic acids is 1. The molecule has 1 aromatic rings. The van der Waals surface area contributed by atoms with Crippen molar-refractivity contribution < 1.29 is 19.1 Å². The summed E-state index contributed by atoms with van der Waals surface area (Å²) in [4.78, 5) is 25.4. The molecule has 4 nitrogen and oxygen atoms in total. The van der Waals surface area contributed by atoms with Gasteiger partial charge in [0.25, 0.3) is 0 Å². The molecule has 5 heteroatoms. The van der Waals surface area contributed by atoms with E-state index in [1.807, 2.05) is 13.8 Å². The summed E-state index contributed by atoms with van der Waals surface area (Å²) in [6.45, 7) is 4.18. The van der Waals surface area contributed by atoms with Crippen molar-refractivity contribution in [1.82, 2.24) is 4.90 Å². The summed E-state index contributed by atoms with van der Waals surface area (Å²) in [5.74, 6) is -1.64. The van der Waals surface area contributed by atoms with Gasteiger partial charge in [0.2, 0.25) is 5.91 Å². The van der Waals surface area contributed by atoms with Crippen LogP contribution in [0, 0.1) is 11.2 Å². The van der Waals surface area contributed by atoms with Crippen molar-refractivity contribution in [2.24, 2.45) is 5.41 Å². The van der Waals surface area contributed by atoms with Gasteiger partial charge in [-0.2, -0.15) is 0 Å². The smallest absolute Gasteiger partial charge is 0.326 e. The first-order valence-electron chi connectivity index (χ1n) is 7.08. The Morgan fingerprint density at radius 2 is 2.14 bits per heavy atom. The van der Waals surface area contributed by atoms with Gasteiger partial charge in [-0.05, 0) is 36.0 Å². The Morgan fingerprint density at radius 1 is 1.43 bits per heavy atom. The Morgan fingerprint density at radius 3 is 2.76 bits per heavy atom. The summed E-state index contributed by atoms with van der Waals surface area (Å²) in [5, 5.41) is 9.45. The monoisotopic (exact) mass is 293 g/mol. The topological polar surface area (TPSA) is 57.6 Å². The van der Waals surface area contributed by atoms with Crippen molar-refractivity contribution in [2.75, 3.05) is 6.54 Å². The van der Waals surface area contributed by atoms with E-state index in [0.29, 0.717) is 12.1 Å². The number of benzene rings is 1. The van der Waals surface area contributed by atoms with Gasteiger partial charge in [-0.1, -0.05) is 26.0 Å². The first-order chi connectivity index (χ1) is 9.81. The summed E-state index contributed by atoms with van der Waals surface area (Å²) in [6, 6.07) is 5.02. The Balaban J connectivity index is 2.18. The van der Waals surface area contributed by atoms with Crippen molar-refractivity contribution in [3.05, 3.63) is 35.6 Å². The number of carboxylic acids is 1. The number of carboxylic acid groups (broad SMARTS) is 1. The average Bonchev–Trinajstić information content (AvgIpc) is 2.36. The molecule has 0 spiro atoms. The van der Waals surface area contributed by atoms with Crippen LogP contribution in [0.1, 0.15) is 32.3 Å². The second-order valence-corrected chi connectivity index (χ2v) is 6.23. The first kappa shape index (κ1) is 15.5. The molecule has 1 heterocycles. The van der Waals surface area contributed by atoms with Crippen LogP contribution in [0.25, 0.3) is 0 Å². The van der Waals surface area contributed by atoms with E-state index >= 15 is 0 Å². The summed E-state index contributed by atoms with van der Waals surface area (Å²) < 4.78 is 13.2. The molecule has 1 aromatic carbocycles. The lowest BCUT2D eigenvalue weighted by Crippen LogP contribution is -2.56. The minimum absolute atomic E-state index is 0.0254. The number of aliphatic carboxylic acids is 1. The fourth-order valence-electron chi connectivity index (χ4n) is 3.05. The van der Waals surface area contributed by atoms with Gasteiger partial charge < -0.3 is 10.0 Å². The summed E-state index contributed by atoms with van der Waals surface area (Å²) >= 11 is 0. The highest BCUT2D eigenvalue weighted by atomic mass is 19.1. The normalized spacial score (nSPS) is 21.1. The Bertz CT molecular complexity index is 556. The average molecular weight is 293 g/mol. The van der Waals surface area contributed by atoms with Crippen molar-refractivity contribution in [2.45, 2.75) is 39.2 Å². The molecule has 1 N–H and O–H groups in total. The third kappa shape index (κ3) is 3.40. The van der Waals surface area contributed by atoms with E-state index in [0.717, 1.165) is 12.8 Å². The molecule has 1 aliphatic rings. The number of carbonyl (C=O) groups is 2. The number of hydrogen-bond donors (Lipinski definition) is 1. The number of rotatable bonds is 3. The van der Waals surface area contributed by atoms with E-state index in [-0.39, 0.29) is 12.3 Å². The molecule has 1 aliphatic heterocycles. The van der Waals surface area contributed by atoms with E-state index < -0.39 is 23.2 Å². The third-order valence-electron chi connectivity index (χ3n) is 4.07. The van der Waals surface area contributed by atoms with Gasteiger partial charge in [-0.15, -0.1) is 0 Å². The summed E-state index contributed by atoms with van der Waals surface area (Å²) in [6.07, 6.45) is 1.58. The fraction of sp³-hybridized carbons (Fsp3) is 0.500. The molecule has 114 valence electrons. The second kappa shape index (κ2) is 5.84. The quantitative estimate of drug-likeness (QED) is 0.931. The van der Waals surface area contributed by atoms with Gasteiger partial charge in [0.15, 0.2) is 0 Å². The molecular formula is C16H20FNO3. The van der Waals surface area contributed by atoms with E-state index in [9.17, 15) is 19.1 Å². The highest BCUT2D eigenvalue weighted by Gasteiger charge is 2.44. The lowest BCUT2D eigenvalue weighted by Gasteiger charge is -2.44. The largest absolute Gasteiger partial charge is 0.480 e. The van der Waals surface area contributed by atoms with Crippen LogP contribution in [0.3, 0.4) is 0 Å². The van der Waals surface area contributed by atoms with Gasteiger partial charge in [-0.25, -0.2) is 9.18 Å². The van der Waals surface area contributed by atoms with E-state index in [1.165, 1.54) is 17.0 Å². The molecular weight excluding hydrogens is 273 g/mol. The number of hydrogen-bond acceptors (Lipinski definition) is 2. The molecule has 21 heavy (non-hydrogen) atoms. The van der Waals surface area contributed by atoms with Crippen molar-refractivity contribution >= 4 is 11.9 Å². The van der Waals surface area contributed by atoms with Gasteiger partial charge in [0, 0.05) is 6.54 Å². The van der Waals surface area contributed by atoms with Crippen molar-refractivity contribution in [3.8, 4) is 0 Å². The molecule has 0 radical (unpaired) electrons. The SMILES string of the molecule is CC1(C)CCCN(C(=O)Cc2cccc(F)c2)C1C(=O)O. The molecule has 1 unspecified atom stereocenters. The van der Waals surface area contributed by atoms with Crippen LogP contribution in [0.4, 0.5) is 4.39 Å². The highest BCUT2D eigenvalue weighted by Crippen LogP contribution is 2.35. The zero-order valence-electron chi connectivity index (χ0n) is 12.3. The Hall–Kier alpha value is -1.91. The standard InChI is InChI=1S/C16H20FNO3/c1-16(2)7-4-8-18(14(16)15(20)21)13(19)10-11-5-3-6-12(17)9-11/h3,5-6,9,14H,4,7-8,10H2,1-2H3,(H,20,21). The number of amides is 1. The van der Waals surface area contributed by atoms with Crippen molar-refractivity contribution in [3.63, 3.8) is 0 Å². The van der Waals surface area contributed by atoms with Crippen LogP contribution < -0.4 is 0 Å². The predicted molar refractivity (Wildman–Crippen MR) is 76.3 cm³/mol. The maximum absolute atomic E-state index is 13.2. The number of nitrogens with zero attached hydrogens (tertiary/aromatic N) is 1. The third-order valence-corrected chi connectivity index (χ3v) is 4.07. The van der Waals surface area contributed by atoms with Gasteiger partial charge in [0.05, 0.1) is 6.42 Å². The summed E-state index contributed by atoms with van der Waals surface area (Å²) in [7, 11) is 0. The van der Waals surface area contributed by atoms with Crippen LogP contribution in [0.2, 0.25) is 0 Å². The van der Waals surface area contributed by atoms with E-state index in [4.69, 9.17) is 0 Å². The first-order valence-corrected chi connectivity index (χ1v) is 7.08. The Kier molecular flexibility index (Phi) is 4.30. The van der Waals surface area contributed by atoms with Crippen LogP contribution in [0.5, 0.6) is 0 Å². The maximum Gasteiger partial charge on any atom is 0.326 e. The van der Waals surface area contributed by atoms with E-state index in [2.05, 4.69) is 0 Å².